The predicted octanol–water partition coefficient (Wildman–Crippen LogP) is 5.38. The molecule has 0 saturated heterocycles. The summed E-state index contributed by atoms with van der Waals surface area (Å²) in [6, 6.07) is 28.0. The lowest BCUT2D eigenvalue weighted by molar-refractivity contribution is 0.0943. The van der Waals surface area contributed by atoms with Crippen molar-refractivity contribution in [1.82, 2.24) is 15.1 Å². The summed E-state index contributed by atoms with van der Waals surface area (Å²) >= 11 is 0. The number of amides is 1. The van der Waals surface area contributed by atoms with E-state index in [2.05, 4.69) is 54.6 Å². The van der Waals surface area contributed by atoms with Gasteiger partial charge in [-0.25, -0.2) is 0 Å². The Balaban J connectivity index is 1.53. The lowest BCUT2D eigenvalue weighted by Crippen LogP contribution is -2.29. The molecule has 31 heavy (non-hydrogen) atoms. The van der Waals surface area contributed by atoms with Crippen molar-refractivity contribution < 1.29 is 4.79 Å². The van der Waals surface area contributed by atoms with Crippen LogP contribution in [0.4, 0.5) is 0 Å². The van der Waals surface area contributed by atoms with Gasteiger partial charge in [-0.15, -0.1) is 0 Å². The summed E-state index contributed by atoms with van der Waals surface area (Å²) in [6.45, 7) is 6.80. The number of aryl methyl sites for hydroxylation is 3. The molecule has 3 aromatic carbocycles. The molecule has 4 rings (SSSR count). The number of carbonyl (C=O) groups excluding carboxylic acids is 1. The van der Waals surface area contributed by atoms with Crippen LogP contribution in [-0.2, 0) is 6.54 Å². The van der Waals surface area contributed by atoms with Crippen molar-refractivity contribution in [2.75, 3.05) is 0 Å². The lowest BCUT2D eigenvalue weighted by atomic mass is 9.97. The van der Waals surface area contributed by atoms with Crippen molar-refractivity contribution in [3.63, 3.8) is 0 Å². The van der Waals surface area contributed by atoms with Crippen molar-refractivity contribution >= 4 is 5.91 Å². The Kier molecular flexibility index (Phi) is 5.99. The molecule has 1 aromatic heterocycles. The maximum absolute atomic E-state index is 13.1. The van der Waals surface area contributed by atoms with Crippen LogP contribution < -0.4 is 5.32 Å². The van der Waals surface area contributed by atoms with E-state index >= 15 is 0 Å². The van der Waals surface area contributed by atoms with Gasteiger partial charge >= 0.3 is 0 Å². The van der Waals surface area contributed by atoms with Crippen LogP contribution in [0.5, 0.6) is 0 Å². The lowest BCUT2D eigenvalue weighted by Gasteiger charge is -2.20. The maximum Gasteiger partial charge on any atom is 0.252 e. The highest BCUT2D eigenvalue weighted by Crippen LogP contribution is 2.23. The molecular weight excluding hydrogens is 382 g/mol. The summed E-state index contributed by atoms with van der Waals surface area (Å²) in [5.74, 6) is -0.0907. The smallest absolute Gasteiger partial charge is 0.252 e. The first kappa shape index (κ1) is 20.6. The highest BCUT2D eigenvalue weighted by atomic mass is 16.1. The van der Waals surface area contributed by atoms with Gasteiger partial charge in [0.25, 0.3) is 5.91 Å². The minimum atomic E-state index is -0.205. The molecule has 1 amide bonds. The van der Waals surface area contributed by atoms with Gasteiger partial charge in [0.15, 0.2) is 0 Å². The number of nitrogens with zero attached hydrogens (tertiary/aromatic N) is 2. The van der Waals surface area contributed by atoms with E-state index in [1.54, 1.807) is 0 Å². The Labute approximate surface area is 183 Å². The van der Waals surface area contributed by atoms with Crippen molar-refractivity contribution in [2.24, 2.45) is 0 Å². The molecule has 0 bridgehead atoms. The van der Waals surface area contributed by atoms with Crippen LogP contribution in [0.15, 0.2) is 84.9 Å². The van der Waals surface area contributed by atoms with Gasteiger partial charge in [0.05, 0.1) is 18.3 Å². The van der Waals surface area contributed by atoms with Gasteiger partial charge in [0, 0.05) is 11.3 Å². The Hall–Kier alpha value is -3.66. The van der Waals surface area contributed by atoms with Crippen molar-refractivity contribution in [2.45, 2.75) is 33.4 Å². The molecule has 0 unspecified atom stereocenters. The highest BCUT2D eigenvalue weighted by molar-refractivity contribution is 5.94. The molecule has 4 heteroatoms. The van der Waals surface area contributed by atoms with Gasteiger partial charge in [-0.1, -0.05) is 72.3 Å². The second-order valence-corrected chi connectivity index (χ2v) is 8.01. The average molecular weight is 410 g/mol. The highest BCUT2D eigenvalue weighted by Gasteiger charge is 2.18. The monoisotopic (exact) mass is 409 g/mol. The summed E-state index contributed by atoms with van der Waals surface area (Å²) < 4.78 is 1.98. The summed E-state index contributed by atoms with van der Waals surface area (Å²) in [4.78, 5) is 13.1. The first-order chi connectivity index (χ1) is 15.0. The minimum Gasteiger partial charge on any atom is -0.341 e. The van der Waals surface area contributed by atoms with Gasteiger partial charge in [0.1, 0.15) is 0 Å². The van der Waals surface area contributed by atoms with E-state index in [1.807, 2.05) is 66.2 Å². The van der Waals surface area contributed by atoms with Gasteiger partial charge < -0.3 is 5.32 Å². The van der Waals surface area contributed by atoms with Crippen LogP contribution in [0.3, 0.4) is 0 Å². The first-order valence-electron chi connectivity index (χ1n) is 10.5. The van der Waals surface area contributed by atoms with Gasteiger partial charge in [-0.2, -0.15) is 5.10 Å². The van der Waals surface area contributed by atoms with Crippen LogP contribution in [-0.4, -0.2) is 15.7 Å². The summed E-state index contributed by atoms with van der Waals surface area (Å²) in [7, 11) is 0. The molecule has 0 aliphatic rings. The molecule has 0 saturated carbocycles. The van der Waals surface area contributed by atoms with Crippen LogP contribution in [0.1, 0.15) is 50.0 Å². The van der Waals surface area contributed by atoms with E-state index < -0.39 is 0 Å². The number of benzene rings is 3. The van der Waals surface area contributed by atoms with Gasteiger partial charge in [-0.05, 0) is 55.7 Å². The van der Waals surface area contributed by atoms with Crippen LogP contribution in [0.25, 0.3) is 0 Å². The number of hydrogen-bond acceptors (Lipinski definition) is 2. The largest absolute Gasteiger partial charge is 0.341 e. The molecule has 0 aliphatic carbocycles. The predicted molar refractivity (Wildman–Crippen MR) is 124 cm³/mol. The molecule has 1 N–H and O–H groups in total. The Morgan fingerprint density at radius 1 is 0.871 bits per heavy atom. The minimum absolute atomic E-state index is 0.0907. The van der Waals surface area contributed by atoms with Crippen LogP contribution >= 0.6 is 0 Å². The molecule has 0 fully saturated rings. The fourth-order valence-electron chi connectivity index (χ4n) is 3.75. The third-order valence-electron chi connectivity index (χ3n) is 5.47. The molecule has 1 heterocycles. The standard InChI is InChI=1S/C27H27N3O/c1-19-9-13-24(14-10-19)26(23-7-5-4-6-8-23)28-27(31)25-15-11-22(12-16-25)18-30-21(3)17-20(2)29-30/h4-17,26H,18H2,1-3H3,(H,28,31)/t26-/m1/s1. The second-order valence-electron chi connectivity index (χ2n) is 8.01. The first-order valence-corrected chi connectivity index (χ1v) is 10.5. The summed E-state index contributed by atoms with van der Waals surface area (Å²) in [6.07, 6.45) is 0. The van der Waals surface area contributed by atoms with Gasteiger partial charge in [-0.3, -0.25) is 9.48 Å². The quantitative estimate of drug-likeness (QED) is 0.465. The van der Waals surface area contributed by atoms with E-state index in [-0.39, 0.29) is 11.9 Å². The number of rotatable bonds is 6. The van der Waals surface area contributed by atoms with E-state index in [1.165, 1.54) is 5.56 Å². The molecule has 0 spiro atoms. The Morgan fingerprint density at radius 2 is 1.52 bits per heavy atom. The second kappa shape index (κ2) is 9.00. The van der Waals surface area contributed by atoms with E-state index in [0.717, 1.165) is 28.1 Å². The Bertz CT molecular complexity index is 1160. The fourth-order valence-corrected chi connectivity index (χ4v) is 3.75. The molecule has 156 valence electrons. The SMILES string of the molecule is Cc1ccc([C@H](NC(=O)c2ccc(Cn3nc(C)cc3C)cc2)c2ccccc2)cc1. The average Bonchev–Trinajstić information content (AvgIpc) is 3.10. The molecule has 1 atom stereocenters. The Morgan fingerprint density at radius 3 is 2.13 bits per heavy atom. The van der Waals surface area contributed by atoms with E-state index in [9.17, 15) is 4.79 Å². The molecule has 0 aliphatic heterocycles. The van der Waals surface area contributed by atoms with Crippen LogP contribution in [0, 0.1) is 20.8 Å². The summed E-state index contributed by atoms with van der Waals surface area (Å²) in [5, 5.41) is 7.72. The third-order valence-corrected chi connectivity index (χ3v) is 5.47. The molecule has 4 aromatic rings. The number of hydrogen-bond donors (Lipinski definition) is 1. The topological polar surface area (TPSA) is 46.9 Å². The van der Waals surface area contributed by atoms with Crippen molar-refractivity contribution in [3.05, 3.63) is 124 Å². The van der Waals surface area contributed by atoms with Crippen molar-refractivity contribution in [1.29, 1.82) is 0 Å². The fraction of sp³-hybridized carbons (Fsp3) is 0.185. The third kappa shape index (κ3) is 4.92. The zero-order chi connectivity index (χ0) is 21.8. The number of carbonyl (C=O) groups is 1. The molecule has 0 radical (unpaired) electrons. The molecular formula is C27H27N3O. The number of nitrogens with one attached hydrogen (secondary N) is 1. The normalized spacial score (nSPS) is 11.8. The van der Waals surface area contributed by atoms with Crippen molar-refractivity contribution in [3.8, 4) is 0 Å². The van der Waals surface area contributed by atoms with E-state index in [4.69, 9.17) is 0 Å². The zero-order valence-electron chi connectivity index (χ0n) is 18.2. The van der Waals surface area contributed by atoms with Gasteiger partial charge in [0.2, 0.25) is 0 Å². The summed E-state index contributed by atoms with van der Waals surface area (Å²) in [5.41, 5.74) is 7.21. The van der Waals surface area contributed by atoms with E-state index in [0.29, 0.717) is 12.1 Å². The maximum atomic E-state index is 13.1. The molecule has 4 nitrogen and oxygen atoms in total. The van der Waals surface area contributed by atoms with Crippen LogP contribution in [0.2, 0.25) is 0 Å². The zero-order valence-corrected chi connectivity index (χ0v) is 18.2. The number of aromatic nitrogens is 2.